The Hall–Kier alpha value is -1.32. The summed E-state index contributed by atoms with van der Waals surface area (Å²) in [5, 5.41) is 3.16. The van der Waals surface area contributed by atoms with Gasteiger partial charge in [0.25, 0.3) is 0 Å². The van der Waals surface area contributed by atoms with Gasteiger partial charge in [0.15, 0.2) is 0 Å². The largest absolute Gasteiger partial charge is 0.373 e. The Labute approximate surface area is 129 Å². The van der Waals surface area contributed by atoms with Crippen molar-refractivity contribution in [2.24, 2.45) is 5.41 Å². The van der Waals surface area contributed by atoms with Gasteiger partial charge in [0.2, 0.25) is 0 Å². The number of hydrogen-bond donors (Lipinski definition) is 1. The molecule has 0 amide bonds. The van der Waals surface area contributed by atoms with Gasteiger partial charge >= 0.3 is 0 Å². The third-order valence-corrected chi connectivity index (χ3v) is 5.15. The van der Waals surface area contributed by atoms with Crippen LogP contribution in [0.2, 0.25) is 0 Å². The fourth-order valence-corrected chi connectivity index (χ4v) is 3.17. The molecule has 0 aromatic carbocycles. The minimum Gasteiger partial charge on any atom is -0.373 e. The number of hydrogen-bond acceptors (Lipinski definition) is 4. The molecule has 118 valence electrons. The van der Waals surface area contributed by atoms with Crippen LogP contribution in [0.25, 0.3) is 0 Å². The Morgan fingerprint density at radius 2 is 1.81 bits per heavy atom. The predicted octanol–water partition coefficient (Wildman–Crippen LogP) is 4.05. The lowest BCUT2D eigenvalue weighted by atomic mass is 9.74. The smallest absolute Gasteiger partial charge is 0.135 e. The average molecular weight is 290 g/mol. The summed E-state index contributed by atoms with van der Waals surface area (Å²) < 4.78 is 0. The first-order valence-corrected chi connectivity index (χ1v) is 8.35. The monoisotopic (exact) mass is 290 g/mol. The molecular formula is C17H30N4. The molecule has 0 radical (unpaired) electrons. The Morgan fingerprint density at radius 1 is 1.19 bits per heavy atom. The van der Waals surface area contributed by atoms with Crippen molar-refractivity contribution in [3.63, 3.8) is 0 Å². The maximum Gasteiger partial charge on any atom is 0.135 e. The summed E-state index contributed by atoms with van der Waals surface area (Å²) >= 11 is 0. The van der Waals surface area contributed by atoms with E-state index in [1.54, 1.807) is 0 Å². The maximum absolute atomic E-state index is 4.78. The van der Waals surface area contributed by atoms with Crippen LogP contribution in [0.3, 0.4) is 0 Å². The van der Waals surface area contributed by atoms with Crippen LogP contribution in [0.5, 0.6) is 0 Å². The van der Waals surface area contributed by atoms with Gasteiger partial charge in [0.1, 0.15) is 17.5 Å². The fraction of sp³-hybridized carbons (Fsp3) is 0.765. The molecule has 1 aromatic heterocycles. The van der Waals surface area contributed by atoms with Gasteiger partial charge in [0, 0.05) is 32.1 Å². The predicted molar refractivity (Wildman–Crippen MR) is 90.1 cm³/mol. The number of nitrogens with one attached hydrogen (secondary N) is 1. The highest BCUT2D eigenvalue weighted by Gasteiger charge is 2.31. The molecular weight excluding hydrogens is 260 g/mol. The molecule has 1 aromatic rings. The molecule has 1 aliphatic heterocycles. The van der Waals surface area contributed by atoms with Crippen LogP contribution < -0.4 is 10.2 Å². The molecule has 4 heteroatoms. The van der Waals surface area contributed by atoms with Gasteiger partial charge < -0.3 is 10.2 Å². The molecule has 0 saturated carbocycles. The molecule has 1 aliphatic rings. The van der Waals surface area contributed by atoms with Gasteiger partial charge in [0.05, 0.1) is 0 Å². The molecule has 4 nitrogen and oxygen atoms in total. The Kier molecular flexibility index (Phi) is 5.07. The van der Waals surface area contributed by atoms with E-state index in [-0.39, 0.29) is 0 Å². The molecule has 0 atom stereocenters. The summed E-state index contributed by atoms with van der Waals surface area (Å²) in [5.74, 6) is 3.29. The highest BCUT2D eigenvalue weighted by Crippen LogP contribution is 2.39. The van der Waals surface area contributed by atoms with E-state index in [0.29, 0.717) is 11.3 Å². The third-order valence-electron chi connectivity index (χ3n) is 5.15. The quantitative estimate of drug-likeness (QED) is 0.888. The van der Waals surface area contributed by atoms with Gasteiger partial charge in [-0.15, -0.1) is 0 Å². The molecule has 21 heavy (non-hydrogen) atoms. The van der Waals surface area contributed by atoms with Crippen LogP contribution in [0, 0.1) is 5.41 Å². The van der Waals surface area contributed by atoms with Gasteiger partial charge in [-0.25, -0.2) is 9.97 Å². The second kappa shape index (κ2) is 6.63. The second-order valence-electron chi connectivity index (χ2n) is 6.57. The summed E-state index contributed by atoms with van der Waals surface area (Å²) in [6.45, 7) is 11.2. The minimum atomic E-state index is 0.354. The molecule has 1 N–H and O–H groups in total. The lowest BCUT2D eigenvalue weighted by molar-refractivity contribution is 0.199. The van der Waals surface area contributed by atoms with Gasteiger partial charge in [-0.05, 0) is 18.3 Å². The zero-order valence-electron chi connectivity index (χ0n) is 14.2. The molecule has 1 saturated heterocycles. The second-order valence-corrected chi connectivity index (χ2v) is 6.57. The molecule has 0 spiro atoms. The minimum absolute atomic E-state index is 0.354. The normalized spacial score (nSPS) is 18.1. The molecule has 0 unspecified atom stereocenters. The molecule has 2 heterocycles. The molecule has 0 bridgehead atoms. The van der Waals surface area contributed by atoms with Crippen molar-refractivity contribution in [3.8, 4) is 0 Å². The van der Waals surface area contributed by atoms with Crippen LogP contribution in [0.15, 0.2) is 6.07 Å². The molecule has 0 aliphatic carbocycles. The first-order valence-electron chi connectivity index (χ1n) is 8.35. The fourth-order valence-electron chi connectivity index (χ4n) is 3.17. The van der Waals surface area contributed by atoms with Crippen molar-refractivity contribution in [3.05, 3.63) is 11.9 Å². The van der Waals surface area contributed by atoms with Crippen molar-refractivity contribution in [2.75, 3.05) is 30.4 Å². The van der Waals surface area contributed by atoms with E-state index in [0.717, 1.165) is 30.5 Å². The number of nitrogens with zero attached hydrogens (tertiary/aromatic N) is 3. The lowest BCUT2D eigenvalue weighted by Gasteiger charge is -2.41. The molecule has 2 rings (SSSR count). The average Bonchev–Trinajstić information content (AvgIpc) is 2.54. The summed E-state index contributed by atoms with van der Waals surface area (Å²) in [7, 11) is 1.92. The number of piperidine rings is 1. The molecule has 1 fully saturated rings. The summed E-state index contributed by atoms with van der Waals surface area (Å²) in [6.07, 6.45) is 5.13. The Morgan fingerprint density at radius 3 is 2.29 bits per heavy atom. The van der Waals surface area contributed by atoms with Crippen LogP contribution in [0.1, 0.15) is 65.1 Å². The van der Waals surface area contributed by atoms with Crippen molar-refractivity contribution >= 4 is 11.6 Å². The summed E-state index contributed by atoms with van der Waals surface area (Å²) in [5.41, 5.74) is 0.552. The topological polar surface area (TPSA) is 41.0 Å². The highest BCUT2D eigenvalue weighted by molar-refractivity contribution is 5.49. The summed E-state index contributed by atoms with van der Waals surface area (Å²) in [4.78, 5) is 11.8. The van der Waals surface area contributed by atoms with Crippen LogP contribution in [-0.4, -0.2) is 30.1 Å². The van der Waals surface area contributed by atoms with E-state index in [9.17, 15) is 0 Å². The first kappa shape index (κ1) is 16.1. The van der Waals surface area contributed by atoms with E-state index in [4.69, 9.17) is 4.98 Å². The van der Waals surface area contributed by atoms with E-state index >= 15 is 0 Å². The number of rotatable bonds is 5. The zero-order valence-corrected chi connectivity index (χ0v) is 14.2. The van der Waals surface area contributed by atoms with Gasteiger partial charge in [-0.3, -0.25) is 0 Å². The standard InChI is InChI=1S/C17H30N4/c1-6-17(7-2)8-10-21(11-9-17)15-12-14(18-5)19-16(20-15)13(3)4/h12-13H,6-11H2,1-5H3,(H,18,19,20). The summed E-state index contributed by atoms with van der Waals surface area (Å²) in [6, 6.07) is 2.08. The van der Waals surface area contributed by atoms with Gasteiger partial charge in [-0.2, -0.15) is 0 Å². The van der Waals surface area contributed by atoms with E-state index < -0.39 is 0 Å². The first-order chi connectivity index (χ1) is 10.0. The highest BCUT2D eigenvalue weighted by atomic mass is 15.2. The van der Waals surface area contributed by atoms with Crippen molar-refractivity contribution < 1.29 is 0 Å². The maximum atomic E-state index is 4.78. The zero-order chi connectivity index (χ0) is 15.5. The van der Waals surface area contributed by atoms with Gasteiger partial charge in [-0.1, -0.05) is 40.5 Å². The Balaban J connectivity index is 2.18. The van der Waals surface area contributed by atoms with Crippen molar-refractivity contribution in [1.82, 2.24) is 9.97 Å². The number of aromatic nitrogens is 2. The van der Waals surface area contributed by atoms with E-state index in [1.807, 2.05) is 7.05 Å². The third kappa shape index (κ3) is 3.47. The van der Waals surface area contributed by atoms with Crippen LogP contribution >= 0.6 is 0 Å². The van der Waals surface area contributed by atoms with Crippen molar-refractivity contribution in [1.29, 1.82) is 0 Å². The van der Waals surface area contributed by atoms with Crippen molar-refractivity contribution in [2.45, 2.75) is 59.3 Å². The number of anilines is 2. The van der Waals surface area contributed by atoms with E-state index in [2.05, 4.69) is 49.0 Å². The SMILES string of the molecule is CCC1(CC)CCN(c2cc(NC)nc(C(C)C)n2)CC1. The lowest BCUT2D eigenvalue weighted by Crippen LogP contribution is -2.40. The Bertz CT molecular complexity index is 456. The van der Waals surface area contributed by atoms with Crippen LogP contribution in [0.4, 0.5) is 11.6 Å². The van der Waals surface area contributed by atoms with E-state index in [1.165, 1.54) is 25.7 Å². The van der Waals surface area contributed by atoms with Crippen LogP contribution in [-0.2, 0) is 0 Å².